The fourth-order valence-corrected chi connectivity index (χ4v) is 3.91. The first-order chi connectivity index (χ1) is 9.93. The molecule has 21 heavy (non-hydrogen) atoms. The monoisotopic (exact) mass is 309 g/mol. The van der Waals surface area contributed by atoms with E-state index in [1.807, 2.05) is 13.8 Å². The van der Waals surface area contributed by atoms with Crippen LogP contribution in [0.3, 0.4) is 0 Å². The van der Waals surface area contributed by atoms with Crippen LogP contribution in [0.1, 0.15) is 25.5 Å². The van der Waals surface area contributed by atoms with Crippen LogP contribution in [-0.2, 0) is 9.59 Å². The molecule has 0 bridgehead atoms. The standard InChI is InChI=1S/C15H19NO4S/c1-9(2)14-16(11(8-21-14)15(19)20)13(18)12(17)10-6-4-3-5-7-10/h3-7,9,11-12,14,17H,8H2,1-2H3,(H,19,20). The van der Waals surface area contributed by atoms with Crippen LogP contribution < -0.4 is 0 Å². The Balaban J connectivity index is 2.27. The van der Waals surface area contributed by atoms with Crippen molar-refractivity contribution in [2.45, 2.75) is 31.4 Å². The number of hydrogen-bond acceptors (Lipinski definition) is 4. The third-order valence-electron chi connectivity index (χ3n) is 3.49. The maximum atomic E-state index is 12.6. The number of aliphatic hydroxyl groups excluding tert-OH is 1. The number of carbonyl (C=O) groups is 2. The molecule has 1 fully saturated rings. The average Bonchev–Trinajstić information content (AvgIpc) is 2.91. The second-order valence-electron chi connectivity index (χ2n) is 5.38. The Kier molecular flexibility index (Phi) is 4.90. The summed E-state index contributed by atoms with van der Waals surface area (Å²) < 4.78 is 0. The highest BCUT2D eigenvalue weighted by atomic mass is 32.2. The minimum atomic E-state index is -1.33. The van der Waals surface area contributed by atoms with E-state index in [1.54, 1.807) is 30.3 Å². The minimum Gasteiger partial charge on any atom is -0.480 e. The van der Waals surface area contributed by atoms with Gasteiger partial charge in [0.05, 0.1) is 5.37 Å². The first kappa shape index (κ1) is 15.9. The van der Waals surface area contributed by atoms with E-state index in [4.69, 9.17) is 0 Å². The summed E-state index contributed by atoms with van der Waals surface area (Å²) in [5.41, 5.74) is 0.478. The maximum absolute atomic E-state index is 12.6. The van der Waals surface area contributed by atoms with Gasteiger partial charge in [-0.05, 0) is 11.5 Å². The SMILES string of the molecule is CC(C)C1SCC(C(=O)O)N1C(=O)C(O)c1ccccc1. The van der Waals surface area contributed by atoms with E-state index in [2.05, 4.69) is 0 Å². The van der Waals surface area contributed by atoms with Crippen LogP contribution in [0.4, 0.5) is 0 Å². The molecule has 1 heterocycles. The van der Waals surface area contributed by atoms with E-state index >= 15 is 0 Å². The second-order valence-corrected chi connectivity index (χ2v) is 6.53. The number of carboxylic acids is 1. The smallest absolute Gasteiger partial charge is 0.327 e. The third-order valence-corrected chi connectivity index (χ3v) is 5.12. The molecular formula is C15H19NO4S. The molecule has 5 nitrogen and oxygen atoms in total. The van der Waals surface area contributed by atoms with Crippen LogP contribution in [0.25, 0.3) is 0 Å². The summed E-state index contributed by atoms with van der Waals surface area (Å²) in [5.74, 6) is -1.10. The molecule has 2 rings (SSSR count). The molecule has 3 unspecified atom stereocenters. The van der Waals surface area contributed by atoms with Gasteiger partial charge in [0, 0.05) is 5.75 Å². The molecule has 1 amide bonds. The van der Waals surface area contributed by atoms with Crippen LogP contribution in [-0.4, -0.2) is 44.2 Å². The van der Waals surface area contributed by atoms with Crippen molar-refractivity contribution in [3.8, 4) is 0 Å². The van der Waals surface area contributed by atoms with Crippen LogP contribution in [0.5, 0.6) is 0 Å². The van der Waals surface area contributed by atoms with Gasteiger partial charge < -0.3 is 15.1 Å². The van der Waals surface area contributed by atoms with Gasteiger partial charge in [0.25, 0.3) is 5.91 Å². The number of hydrogen-bond donors (Lipinski definition) is 2. The van der Waals surface area contributed by atoms with E-state index in [9.17, 15) is 19.8 Å². The lowest BCUT2D eigenvalue weighted by molar-refractivity contribution is -0.154. The molecule has 0 radical (unpaired) electrons. The maximum Gasteiger partial charge on any atom is 0.327 e. The van der Waals surface area contributed by atoms with Gasteiger partial charge >= 0.3 is 5.97 Å². The van der Waals surface area contributed by atoms with Gasteiger partial charge in [0.2, 0.25) is 0 Å². The van der Waals surface area contributed by atoms with Crippen LogP contribution in [0.15, 0.2) is 30.3 Å². The Morgan fingerprint density at radius 2 is 1.90 bits per heavy atom. The predicted octanol–water partition coefficient (Wildman–Crippen LogP) is 1.73. The Morgan fingerprint density at radius 3 is 2.43 bits per heavy atom. The zero-order chi connectivity index (χ0) is 15.6. The number of amides is 1. The van der Waals surface area contributed by atoms with Crippen LogP contribution in [0.2, 0.25) is 0 Å². The van der Waals surface area contributed by atoms with Crippen LogP contribution in [0, 0.1) is 5.92 Å². The highest BCUT2D eigenvalue weighted by molar-refractivity contribution is 8.00. The van der Waals surface area contributed by atoms with Gasteiger partial charge in [-0.1, -0.05) is 44.2 Å². The fourth-order valence-electron chi connectivity index (χ4n) is 2.43. The van der Waals surface area contributed by atoms with Crippen molar-refractivity contribution in [1.29, 1.82) is 0 Å². The molecule has 0 aromatic heterocycles. The molecule has 1 aliphatic rings. The number of carbonyl (C=O) groups excluding carboxylic acids is 1. The lowest BCUT2D eigenvalue weighted by atomic mass is 10.1. The predicted molar refractivity (Wildman–Crippen MR) is 80.8 cm³/mol. The van der Waals surface area contributed by atoms with Gasteiger partial charge in [0.15, 0.2) is 6.10 Å². The molecule has 6 heteroatoms. The molecular weight excluding hydrogens is 290 g/mol. The van der Waals surface area contributed by atoms with Crippen molar-refractivity contribution >= 4 is 23.6 Å². The molecule has 1 aromatic rings. The molecule has 0 spiro atoms. The summed E-state index contributed by atoms with van der Waals surface area (Å²) in [7, 11) is 0. The number of thioether (sulfide) groups is 1. The van der Waals surface area contributed by atoms with Crippen molar-refractivity contribution in [1.82, 2.24) is 4.90 Å². The number of aliphatic carboxylic acids is 1. The second kappa shape index (κ2) is 6.49. The molecule has 114 valence electrons. The summed E-state index contributed by atoms with van der Waals surface area (Å²) in [5, 5.41) is 19.3. The molecule has 0 saturated carbocycles. The van der Waals surface area contributed by atoms with E-state index < -0.39 is 24.0 Å². The Labute approximate surface area is 128 Å². The number of benzene rings is 1. The lowest BCUT2D eigenvalue weighted by Gasteiger charge is -2.31. The van der Waals surface area contributed by atoms with Crippen molar-refractivity contribution in [3.63, 3.8) is 0 Å². The molecule has 1 aliphatic heterocycles. The van der Waals surface area contributed by atoms with Gasteiger partial charge in [-0.2, -0.15) is 0 Å². The number of carboxylic acid groups (broad SMARTS) is 1. The number of rotatable bonds is 4. The molecule has 2 N–H and O–H groups in total. The Hall–Kier alpha value is -1.53. The normalized spacial score (nSPS) is 23.3. The zero-order valence-corrected chi connectivity index (χ0v) is 12.8. The largest absolute Gasteiger partial charge is 0.480 e. The van der Waals surface area contributed by atoms with Crippen molar-refractivity contribution < 1.29 is 19.8 Å². The highest BCUT2D eigenvalue weighted by Crippen LogP contribution is 2.36. The van der Waals surface area contributed by atoms with E-state index in [0.717, 1.165) is 0 Å². The lowest BCUT2D eigenvalue weighted by Crippen LogP contribution is -2.49. The number of aliphatic hydroxyl groups is 1. The van der Waals surface area contributed by atoms with Gasteiger partial charge in [-0.3, -0.25) is 4.79 Å². The van der Waals surface area contributed by atoms with E-state index in [0.29, 0.717) is 11.3 Å². The highest BCUT2D eigenvalue weighted by Gasteiger charge is 2.44. The summed E-state index contributed by atoms with van der Waals surface area (Å²) in [4.78, 5) is 25.3. The van der Waals surface area contributed by atoms with E-state index in [-0.39, 0.29) is 11.3 Å². The topological polar surface area (TPSA) is 77.8 Å². The third kappa shape index (κ3) is 3.22. The van der Waals surface area contributed by atoms with Crippen molar-refractivity contribution in [2.24, 2.45) is 5.92 Å². The average molecular weight is 309 g/mol. The zero-order valence-electron chi connectivity index (χ0n) is 12.0. The van der Waals surface area contributed by atoms with Gasteiger partial charge in [0.1, 0.15) is 6.04 Å². The fraction of sp³-hybridized carbons (Fsp3) is 0.467. The Bertz CT molecular complexity index is 520. The molecule has 3 atom stereocenters. The Morgan fingerprint density at radius 1 is 1.29 bits per heavy atom. The van der Waals surface area contributed by atoms with Gasteiger partial charge in [-0.15, -0.1) is 11.8 Å². The summed E-state index contributed by atoms with van der Waals surface area (Å²) in [6, 6.07) is 7.70. The van der Waals surface area contributed by atoms with Crippen LogP contribution >= 0.6 is 11.8 Å². The summed E-state index contributed by atoms with van der Waals surface area (Å²) in [6.07, 6.45) is -1.33. The molecule has 0 aliphatic carbocycles. The first-order valence-electron chi connectivity index (χ1n) is 6.83. The summed E-state index contributed by atoms with van der Waals surface area (Å²) in [6.45, 7) is 3.88. The number of nitrogens with zero attached hydrogens (tertiary/aromatic N) is 1. The van der Waals surface area contributed by atoms with Gasteiger partial charge in [-0.25, -0.2) is 4.79 Å². The molecule has 1 aromatic carbocycles. The van der Waals surface area contributed by atoms with Crippen molar-refractivity contribution in [3.05, 3.63) is 35.9 Å². The minimum absolute atomic E-state index is 0.117. The quantitative estimate of drug-likeness (QED) is 0.885. The van der Waals surface area contributed by atoms with E-state index in [1.165, 1.54) is 16.7 Å². The first-order valence-corrected chi connectivity index (χ1v) is 7.88. The summed E-state index contributed by atoms with van der Waals surface area (Å²) >= 11 is 1.45. The molecule has 1 saturated heterocycles. The van der Waals surface area contributed by atoms with Crippen molar-refractivity contribution in [2.75, 3.05) is 5.75 Å².